The number of carbonyl (C=O) groups excluding carboxylic acids is 2. The number of piperazine rings is 1. The number of amides is 2. The van der Waals surface area contributed by atoms with Gasteiger partial charge in [0.1, 0.15) is 5.82 Å². The number of hydrogen-bond donors (Lipinski definition) is 3. The number of hydrogen-bond acceptors (Lipinski definition) is 7. The summed E-state index contributed by atoms with van der Waals surface area (Å²) in [6.07, 6.45) is 7.36. The molecule has 0 spiro atoms. The van der Waals surface area contributed by atoms with Gasteiger partial charge in [0.15, 0.2) is 5.69 Å². The number of nitrogens with one attached hydrogen (secondary N) is 2. The lowest BCUT2D eigenvalue weighted by molar-refractivity contribution is -0.124. The van der Waals surface area contributed by atoms with Crippen LogP contribution in [0.1, 0.15) is 58.3 Å². The lowest BCUT2D eigenvalue weighted by atomic mass is 10.1. The Balaban J connectivity index is 1.45. The Kier molecular flexibility index (Phi) is 8.27. The molecule has 0 unspecified atom stereocenters. The average molecular weight is 490 g/mol. The Morgan fingerprint density at radius 2 is 1.66 bits per heavy atom. The van der Waals surface area contributed by atoms with Gasteiger partial charge in [-0.15, -0.1) is 0 Å². The number of rotatable bonds is 10. The fourth-order valence-electron chi connectivity index (χ4n) is 5.10. The molecule has 0 atom stereocenters. The van der Waals surface area contributed by atoms with E-state index in [4.69, 9.17) is 5.73 Å². The second-order valence-electron chi connectivity index (χ2n) is 10.1. The molecular weight excluding hydrogens is 450 g/mol. The normalized spacial score (nSPS) is 19.7. The van der Waals surface area contributed by atoms with E-state index in [0.29, 0.717) is 45.3 Å². The summed E-state index contributed by atoms with van der Waals surface area (Å²) in [5, 5.41) is 3.02. The molecule has 2 aliphatic carbocycles. The predicted octanol–water partition coefficient (Wildman–Crippen LogP) is 0.0907. The van der Waals surface area contributed by atoms with E-state index in [0.717, 1.165) is 51.4 Å². The number of aromatic nitrogens is 2. The Labute approximate surface area is 205 Å². The summed E-state index contributed by atoms with van der Waals surface area (Å²) < 4.78 is 1.38. The molecule has 2 amide bonds. The Hall–Kier alpha value is -2.66. The van der Waals surface area contributed by atoms with E-state index < -0.39 is 11.2 Å². The highest BCUT2D eigenvalue weighted by molar-refractivity contribution is 5.97. The van der Waals surface area contributed by atoms with Gasteiger partial charge in [0.2, 0.25) is 11.8 Å². The number of carbonyl (C=O) groups is 2. The lowest BCUT2D eigenvalue weighted by Crippen LogP contribution is -2.54. The summed E-state index contributed by atoms with van der Waals surface area (Å²) in [6, 6.07) is 0.255. The Morgan fingerprint density at radius 3 is 2.26 bits per heavy atom. The highest BCUT2D eigenvalue weighted by Gasteiger charge is 2.34. The van der Waals surface area contributed by atoms with E-state index in [2.05, 4.69) is 20.1 Å². The van der Waals surface area contributed by atoms with Crippen molar-refractivity contribution in [2.75, 3.05) is 49.9 Å². The first-order valence-corrected chi connectivity index (χ1v) is 13.1. The SMILES string of the molecule is CCCCn1c(N)c(N(C(=O)CN2CCN(CC(=O)NC3CC3)CC2)C2CCCC2)c(=O)[nH]c1=O. The minimum atomic E-state index is -0.605. The molecule has 4 rings (SSSR count). The van der Waals surface area contributed by atoms with E-state index in [1.54, 1.807) is 4.90 Å². The van der Waals surface area contributed by atoms with E-state index in [9.17, 15) is 19.2 Å². The van der Waals surface area contributed by atoms with Gasteiger partial charge < -0.3 is 16.0 Å². The van der Waals surface area contributed by atoms with Gasteiger partial charge in [0.05, 0.1) is 13.1 Å². The van der Waals surface area contributed by atoms with Crippen molar-refractivity contribution < 1.29 is 9.59 Å². The molecular formula is C24H39N7O4. The highest BCUT2D eigenvalue weighted by atomic mass is 16.2. The number of aromatic amines is 1. The first kappa shape index (κ1) is 25.4. The van der Waals surface area contributed by atoms with Crippen molar-refractivity contribution in [3.63, 3.8) is 0 Å². The van der Waals surface area contributed by atoms with E-state index >= 15 is 0 Å². The molecule has 1 aromatic rings. The van der Waals surface area contributed by atoms with Gasteiger partial charge in [0, 0.05) is 44.8 Å². The van der Waals surface area contributed by atoms with Gasteiger partial charge in [-0.25, -0.2) is 4.79 Å². The second-order valence-corrected chi connectivity index (χ2v) is 10.1. The summed E-state index contributed by atoms with van der Waals surface area (Å²) >= 11 is 0. The number of H-pyrrole nitrogens is 1. The molecule has 1 aliphatic heterocycles. The minimum Gasteiger partial charge on any atom is -0.383 e. The van der Waals surface area contributed by atoms with Crippen LogP contribution in [0.2, 0.25) is 0 Å². The molecule has 0 bridgehead atoms. The molecule has 194 valence electrons. The molecule has 1 saturated heterocycles. The molecule has 1 aromatic heterocycles. The van der Waals surface area contributed by atoms with Crippen LogP contribution in [0.5, 0.6) is 0 Å². The van der Waals surface area contributed by atoms with Gasteiger partial charge in [-0.3, -0.25) is 33.7 Å². The van der Waals surface area contributed by atoms with Crippen molar-refractivity contribution in [3.8, 4) is 0 Å². The van der Waals surface area contributed by atoms with Crippen LogP contribution in [0.25, 0.3) is 0 Å². The van der Waals surface area contributed by atoms with Crippen molar-refractivity contribution in [2.45, 2.75) is 76.9 Å². The van der Waals surface area contributed by atoms with Crippen LogP contribution >= 0.6 is 0 Å². The zero-order valence-corrected chi connectivity index (χ0v) is 20.8. The van der Waals surface area contributed by atoms with E-state index in [1.807, 2.05) is 6.92 Å². The van der Waals surface area contributed by atoms with Gasteiger partial charge in [-0.1, -0.05) is 26.2 Å². The minimum absolute atomic E-state index is 0.0670. The molecule has 11 nitrogen and oxygen atoms in total. The quantitative estimate of drug-likeness (QED) is 0.424. The van der Waals surface area contributed by atoms with Crippen molar-refractivity contribution in [1.82, 2.24) is 24.7 Å². The molecule has 2 saturated carbocycles. The number of unbranched alkanes of at least 4 members (excludes halogenated alkanes) is 1. The number of anilines is 2. The summed E-state index contributed by atoms with van der Waals surface area (Å²) in [6.45, 7) is 5.73. The maximum absolute atomic E-state index is 13.6. The van der Waals surface area contributed by atoms with Gasteiger partial charge in [-0.2, -0.15) is 0 Å². The van der Waals surface area contributed by atoms with Crippen molar-refractivity contribution >= 4 is 23.3 Å². The standard InChI is InChI=1S/C24H39N7O4/c1-2-3-10-30-22(25)21(23(34)27-24(30)35)31(18-6-4-5-7-18)20(33)16-29-13-11-28(12-14-29)15-19(32)26-17-8-9-17/h17-18H,2-16,25H2,1H3,(H,26,32)(H,27,34,35). The third-order valence-corrected chi connectivity index (χ3v) is 7.28. The Morgan fingerprint density at radius 1 is 1.03 bits per heavy atom. The molecule has 4 N–H and O–H groups in total. The second kappa shape index (κ2) is 11.4. The van der Waals surface area contributed by atoms with E-state index in [-0.39, 0.29) is 35.9 Å². The zero-order chi connectivity index (χ0) is 24.9. The monoisotopic (exact) mass is 489 g/mol. The first-order valence-electron chi connectivity index (χ1n) is 13.1. The third-order valence-electron chi connectivity index (χ3n) is 7.28. The van der Waals surface area contributed by atoms with Gasteiger partial charge in [-0.05, 0) is 32.1 Å². The molecule has 0 radical (unpaired) electrons. The fraction of sp³-hybridized carbons (Fsp3) is 0.750. The molecule has 11 heteroatoms. The largest absolute Gasteiger partial charge is 0.383 e. The maximum atomic E-state index is 13.6. The average Bonchev–Trinajstić information content (AvgIpc) is 3.46. The Bertz CT molecular complexity index is 1020. The van der Waals surface area contributed by atoms with Crippen molar-refractivity contribution in [2.24, 2.45) is 0 Å². The van der Waals surface area contributed by atoms with Crippen LogP contribution in [0.3, 0.4) is 0 Å². The summed E-state index contributed by atoms with van der Waals surface area (Å²) in [5.74, 6) is -0.0361. The molecule has 2 heterocycles. The van der Waals surface area contributed by atoms with Gasteiger partial charge >= 0.3 is 5.69 Å². The highest BCUT2D eigenvalue weighted by Crippen LogP contribution is 2.29. The number of nitrogens with zero attached hydrogens (tertiary/aromatic N) is 4. The summed E-state index contributed by atoms with van der Waals surface area (Å²) in [4.78, 5) is 59.1. The van der Waals surface area contributed by atoms with Crippen LogP contribution in [0.4, 0.5) is 11.5 Å². The summed E-state index contributed by atoms with van der Waals surface area (Å²) in [5.41, 5.74) is 5.32. The van der Waals surface area contributed by atoms with Crippen LogP contribution in [0, 0.1) is 0 Å². The third kappa shape index (κ3) is 6.32. The maximum Gasteiger partial charge on any atom is 0.330 e. The van der Waals surface area contributed by atoms with E-state index in [1.165, 1.54) is 4.57 Å². The fourth-order valence-corrected chi connectivity index (χ4v) is 5.10. The smallest absolute Gasteiger partial charge is 0.330 e. The van der Waals surface area contributed by atoms with Crippen molar-refractivity contribution in [3.05, 3.63) is 20.8 Å². The predicted molar refractivity (Wildman–Crippen MR) is 134 cm³/mol. The topological polar surface area (TPSA) is 137 Å². The first-order chi connectivity index (χ1) is 16.9. The van der Waals surface area contributed by atoms with Gasteiger partial charge in [0.25, 0.3) is 5.56 Å². The molecule has 0 aromatic carbocycles. The molecule has 35 heavy (non-hydrogen) atoms. The van der Waals surface area contributed by atoms with Crippen LogP contribution in [0.15, 0.2) is 9.59 Å². The lowest BCUT2D eigenvalue weighted by Gasteiger charge is -2.36. The van der Waals surface area contributed by atoms with Crippen LogP contribution < -0.4 is 27.2 Å². The molecule has 3 fully saturated rings. The summed E-state index contributed by atoms with van der Waals surface area (Å²) in [7, 11) is 0. The molecule has 3 aliphatic rings. The van der Waals surface area contributed by atoms with Crippen molar-refractivity contribution in [1.29, 1.82) is 0 Å². The zero-order valence-electron chi connectivity index (χ0n) is 20.8. The van der Waals surface area contributed by atoms with Crippen LogP contribution in [-0.4, -0.2) is 82.5 Å². The van der Waals surface area contributed by atoms with Crippen LogP contribution in [-0.2, 0) is 16.1 Å². The number of nitrogen functional groups attached to an aromatic ring is 1. The number of nitrogens with two attached hydrogens (primary N) is 1.